The molecule has 0 bridgehead atoms. The number of carbonyl (C=O) groups is 2. The van der Waals surface area contributed by atoms with E-state index in [-0.39, 0.29) is 13.0 Å². The van der Waals surface area contributed by atoms with Crippen LogP contribution in [-0.4, -0.2) is 36.2 Å². The van der Waals surface area contributed by atoms with E-state index in [1.807, 2.05) is 0 Å². The van der Waals surface area contributed by atoms with E-state index in [1.54, 1.807) is 0 Å². The third-order valence-electron chi connectivity index (χ3n) is 2.97. The van der Waals surface area contributed by atoms with Crippen LogP contribution in [0.2, 0.25) is 0 Å². The Kier molecular flexibility index (Phi) is 5.54. The van der Waals surface area contributed by atoms with Crippen molar-refractivity contribution in [2.24, 2.45) is 0 Å². The van der Waals surface area contributed by atoms with Crippen molar-refractivity contribution in [1.82, 2.24) is 5.32 Å². The third-order valence-corrected chi connectivity index (χ3v) is 2.97. The molecule has 0 saturated carbocycles. The highest BCUT2D eigenvalue weighted by molar-refractivity contribution is 5.87. The standard InChI is InChI=1S/C14H16F3NO4/c1-13(8-22-2,12(20)21)18-11(19)7-9-3-5-10(6-4-9)14(15,16)17/h3-6H,7-8H2,1-2H3,(H,18,19)(H,20,21). The fraction of sp³-hybridized carbons (Fsp3) is 0.429. The van der Waals surface area contributed by atoms with Crippen molar-refractivity contribution in [1.29, 1.82) is 0 Å². The molecule has 22 heavy (non-hydrogen) atoms. The summed E-state index contributed by atoms with van der Waals surface area (Å²) >= 11 is 0. The van der Waals surface area contributed by atoms with Gasteiger partial charge in [-0.05, 0) is 24.6 Å². The van der Waals surface area contributed by atoms with E-state index in [4.69, 9.17) is 9.84 Å². The minimum Gasteiger partial charge on any atom is -0.479 e. The highest BCUT2D eigenvalue weighted by atomic mass is 19.4. The highest BCUT2D eigenvalue weighted by Crippen LogP contribution is 2.29. The van der Waals surface area contributed by atoms with Crippen LogP contribution in [-0.2, 0) is 26.9 Å². The average Bonchev–Trinajstić information content (AvgIpc) is 2.38. The molecule has 0 spiro atoms. The zero-order valence-electron chi connectivity index (χ0n) is 12.0. The Bertz CT molecular complexity index is 542. The van der Waals surface area contributed by atoms with Gasteiger partial charge in [0.1, 0.15) is 0 Å². The van der Waals surface area contributed by atoms with Crippen LogP contribution in [0.3, 0.4) is 0 Å². The van der Waals surface area contributed by atoms with E-state index in [0.29, 0.717) is 5.56 Å². The normalized spacial score (nSPS) is 14.2. The topological polar surface area (TPSA) is 75.6 Å². The number of alkyl halides is 3. The molecule has 122 valence electrons. The van der Waals surface area contributed by atoms with E-state index in [2.05, 4.69) is 5.32 Å². The number of carboxylic acids is 1. The number of hydrogen-bond acceptors (Lipinski definition) is 3. The first-order valence-corrected chi connectivity index (χ1v) is 6.28. The SMILES string of the molecule is COCC(C)(NC(=O)Cc1ccc(C(F)(F)F)cc1)C(=O)O. The lowest BCUT2D eigenvalue weighted by molar-refractivity contribution is -0.149. The summed E-state index contributed by atoms with van der Waals surface area (Å²) in [6.45, 7) is 1.05. The second-order valence-corrected chi connectivity index (χ2v) is 4.99. The number of methoxy groups -OCH3 is 1. The molecule has 0 aliphatic rings. The van der Waals surface area contributed by atoms with Gasteiger partial charge in [-0.15, -0.1) is 0 Å². The predicted molar refractivity (Wildman–Crippen MR) is 71.2 cm³/mol. The maximum absolute atomic E-state index is 12.4. The molecule has 0 aromatic heterocycles. The molecule has 1 amide bonds. The Labute approximate surface area is 125 Å². The molecule has 0 heterocycles. The van der Waals surface area contributed by atoms with Gasteiger partial charge in [0, 0.05) is 7.11 Å². The summed E-state index contributed by atoms with van der Waals surface area (Å²) in [7, 11) is 1.29. The zero-order chi connectivity index (χ0) is 17.0. The van der Waals surface area contributed by atoms with Crippen molar-refractivity contribution in [3.8, 4) is 0 Å². The number of benzene rings is 1. The van der Waals surface area contributed by atoms with Crippen molar-refractivity contribution >= 4 is 11.9 Å². The van der Waals surface area contributed by atoms with Gasteiger partial charge in [-0.2, -0.15) is 13.2 Å². The summed E-state index contributed by atoms with van der Waals surface area (Å²) in [5.41, 5.74) is -2.07. The smallest absolute Gasteiger partial charge is 0.416 e. The number of aliphatic carboxylic acids is 1. The lowest BCUT2D eigenvalue weighted by atomic mass is 10.0. The summed E-state index contributed by atoms with van der Waals surface area (Å²) in [6, 6.07) is 4.09. The van der Waals surface area contributed by atoms with Crippen LogP contribution in [0.25, 0.3) is 0 Å². The average molecular weight is 319 g/mol. The Morgan fingerprint density at radius 1 is 1.23 bits per heavy atom. The summed E-state index contributed by atoms with van der Waals surface area (Å²) in [6.07, 6.45) is -4.67. The van der Waals surface area contributed by atoms with Crippen LogP contribution in [0, 0.1) is 0 Å². The number of amides is 1. The molecule has 2 N–H and O–H groups in total. The zero-order valence-corrected chi connectivity index (χ0v) is 12.0. The van der Waals surface area contributed by atoms with Gasteiger partial charge >= 0.3 is 12.1 Å². The summed E-state index contributed by atoms with van der Waals surface area (Å²) < 4.78 is 42.0. The fourth-order valence-corrected chi connectivity index (χ4v) is 1.79. The van der Waals surface area contributed by atoms with Crippen LogP contribution < -0.4 is 5.32 Å². The Morgan fingerprint density at radius 3 is 2.18 bits per heavy atom. The van der Waals surface area contributed by atoms with Gasteiger partial charge in [0.05, 0.1) is 18.6 Å². The second-order valence-electron chi connectivity index (χ2n) is 4.99. The Hall–Kier alpha value is -2.09. The lowest BCUT2D eigenvalue weighted by Gasteiger charge is -2.25. The van der Waals surface area contributed by atoms with E-state index < -0.39 is 29.2 Å². The molecule has 0 aliphatic heterocycles. The molecule has 0 radical (unpaired) electrons. The molecule has 1 aromatic carbocycles. The molecule has 1 atom stereocenters. The number of hydrogen-bond donors (Lipinski definition) is 2. The Morgan fingerprint density at radius 2 is 1.77 bits per heavy atom. The number of ether oxygens (including phenoxy) is 1. The number of rotatable bonds is 6. The van der Waals surface area contributed by atoms with Gasteiger partial charge in [0.2, 0.25) is 5.91 Å². The largest absolute Gasteiger partial charge is 0.479 e. The van der Waals surface area contributed by atoms with E-state index in [9.17, 15) is 22.8 Å². The molecular weight excluding hydrogens is 303 g/mol. The van der Waals surface area contributed by atoms with Crippen LogP contribution in [0.15, 0.2) is 24.3 Å². The molecule has 1 rings (SSSR count). The van der Waals surface area contributed by atoms with E-state index >= 15 is 0 Å². The lowest BCUT2D eigenvalue weighted by Crippen LogP contribution is -2.55. The summed E-state index contributed by atoms with van der Waals surface area (Å²) in [5, 5.41) is 11.4. The molecule has 5 nitrogen and oxygen atoms in total. The van der Waals surface area contributed by atoms with Gasteiger partial charge < -0.3 is 15.2 Å². The number of carbonyl (C=O) groups excluding carboxylic acids is 1. The van der Waals surface area contributed by atoms with E-state index in [1.165, 1.54) is 26.2 Å². The number of halogens is 3. The van der Waals surface area contributed by atoms with Gasteiger partial charge in [-0.3, -0.25) is 4.79 Å². The molecule has 8 heteroatoms. The maximum atomic E-state index is 12.4. The van der Waals surface area contributed by atoms with Crippen LogP contribution >= 0.6 is 0 Å². The van der Waals surface area contributed by atoms with Gasteiger partial charge in [-0.1, -0.05) is 12.1 Å². The molecule has 0 saturated heterocycles. The van der Waals surface area contributed by atoms with Crippen molar-refractivity contribution in [3.05, 3.63) is 35.4 Å². The summed E-state index contributed by atoms with van der Waals surface area (Å²) in [5.74, 6) is -1.89. The Balaban J connectivity index is 2.74. The third kappa shape index (κ3) is 4.73. The number of nitrogens with one attached hydrogen (secondary N) is 1. The quantitative estimate of drug-likeness (QED) is 0.839. The minimum absolute atomic E-state index is 0.231. The highest BCUT2D eigenvalue weighted by Gasteiger charge is 2.35. The van der Waals surface area contributed by atoms with Crippen molar-refractivity contribution in [3.63, 3.8) is 0 Å². The van der Waals surface area contributed by atoms with Crippen LogP contribution in [0.1, 0.15) is 18.1 Å². The molecular formula is C14H16F3NO4. The minimum atomic E-state index is -4.44. The van der Waals surface area contributed by atoms with Crippen LogP contribution in [0.4, 0.5) is 13.2 Å². The van der Waals surface area contributed by atoms with Crippen molar-refractivity contribution in [2.75, 3.05) is 13.7 Å². The van der Waals surface area contributed by atoms with Gasteiger partial charge in [0.15, 0.2) is 5.54 Å². The molecule has 0 fully saturated rings. The second kappa shape index (κ2) is 6.78. The molecule has 0 aliphatic carbocycles. The monoisotopic (exact) mass is 319 g/mol. The summed E-state index contributed by atoms with van der Waals surface area (Å²) in [4.78, 5) is 23.0. The first-order chi connectivity index (χ1) is 10.1. The van der Waals surface area contributed by atoms with Gasteiger partial charge in [0.25, 0.3) is 0 Å². The predicted octanol–water partition coefficient (Wildman–Crippen LogP) is 1.85. The molecule has 1 aromatic rings. The van der Waals surface area contributed by atoms with Crippen molar-refractivity contribution in [2.45, 2.75) is 25.1 Å². The van der Waals surface area contributed by atoms with Crippen molar-refractivity contribution < 1.29 is 32.6 Å². The first-order valence-electron chi connectivity index (χ1n) is 6.28. The molecule has 1 unspecified atom stereocenters. The maximum Gasteiger partial charge on any atom is 0.416 e. The number of carboxylic acid groups (broad SMARTS) is 1. The fourth-order valence-electron chi connectivity index (χ4n) is 1.79. The van der Waals surface area contributed by atoms with E-state index in [0.717, 1.165) is 12.1 Å². The van der Waals surface area contributed by atoms with Crippen LogP contribution in [0.5, 0.6) is 0 Å². The van der Waals surface area contributed by atoms with Gasteiger partial charge in [-0.25, -0.2) is 4.79 Å². The first kappa shape index (κ1) is 18.0.